The number of hydrogen-bond acceptors (Lipinski definition) is 9. The lowest BCUT2D eigenvalue weighted by Gasteiger charge is -2.16. The van der Waals surface area contributed by atoms with Crippen LogP contribution < -0.4 is 20.5 Å². The van der Waals surface area contributed by atoms with Gasteiger partial charge in [0.05, 0.1) is 36.1 Å². The zero-order chi connectivity index (χ0) is 31.8. The molecule has 0 saturated heterocycles. The van der Waals surface area contributed by atoms with Crippen LogP contribution in [0.15, 0.2) is 72.8 Å². The molecule has 13 nitrogen and oxygen atoms in total. The van der Waals surface area contributed by atoms with Gasteiger partial charge in [0.1, 0.15) is 30.0 Å². The van der Waals surface area contributed by atoms with Gasteiger partial charge in [-0.3, -0.25) is 19.7 Å². The molecule has 1 unspecified atom stereocenters. The summed E-state index contributed by atoms with van der Waals surface area (Å²) in [5.74, 6) is -1.98. The van der Waals surface area contributed by atoms with E-state index in [0.29, 0.717) is 34.0 Å². The van der Waals surface area contributed by atoms with E-state index >= 15 is 0 Å². The van der Waals surface area contributed by atoms with Gasteiger partial charge >= 0.3 is 5.97 Å². The van der Waals surface area contributed by atoms with Crippen molar-refractivity contribution < 1.29 is 37.9 Å². The molecule has 0 aliphatic carbocycles. The van der Waals surface area contributed by atoms with Gasteiger partial charge in [-0.2, -0.15) is 5.10 Å². The first-order chi connectivity index (χ1) is 21.1. The van der Waals surface area contributed by atoms with Gasteiger partial charge in [0.2, 0.25) is 5.91 Å². The Morgan fingerprint density at radius 2 is 1.66 bits per heavy atom. The van der Waals surface area contributed by atoms with Crippen molar-refractivity contribution in [3.8, 4) is 28.4 Å². The molecule has 0 aliphatic rings. The summed E-state index contributed by atoms with van der Waals surface area (Å²) in [7, 11) is 2.94. The van der Waals surface area contributed by atoms with Gasteiger partial charge in [0.25, 0.3) is 11.6 Å². The minimum absolute atomic E-state index is 0.121. The first-order valence-electron chi connectivity index (χ1n) is 13.2. The zero-order valence-corrected chi connectivity index (χ0v) is 23.7. The molecule has 1 heterocycles. The minimum Gasteiger partial charge on any atom is -0.496 e. The summed E-state index contributed by atoms with van der Waals surface area (Å²) in [6.45, 7) is -0.239. The number of nitro groups is 1. The second kappa shape index (κ2) is 13.9. The van der Waals surface area contributed by atoms with E-state index in [1.54, 1.807) is 18.2 Å². The van der Waals surface area contributed by atoms with Crippen molar-refractivity contribution in [1.29, 1.82) is 0 Å². The van der Waals surface area contributed by atoms with Crippen LogP contribution in [0.25, 0.3) is 16.9 Å². The summed E-state index contributed by atoms with van der Waals surface area (Å²) < 4.78 is 31.5. The molecule has 3 N–H and O–H groups in total. The number of amides is 2. The van der Waals surface area contributed by atoms with Gasteiger partial charge in [-0.25, -0.2) is 13.9 Å². The maximum Gasteiger partial charge on any atom is 0.328 e. The van der Waals surface area contributed by atoms with Crippen LogP contribution in [-0.4, -0.2) is 52.7 Å². The third kappa shape index (κ3) is 7.34. The summed E-state index contributed by atoms with van der Waals surface area (Å²) >= 11 is 0. The standard InChI is InChI=1S/C30H28FN5O8/c1-42-25-4-3-5-26(43-2)28(25)24-16-23(34-35(24)20-12-8-19(31)9-13-20)29(38)33-22(14-15-27(32)37)30(39)44-17-18-6-10-21(11-7-18)36(40)41/h3-13,16,22H,14-15,17H2,1-2H3,(H2,32,37)(H,33,38). The first kappa shape index (κ1) is 31.2. The van der Waals surface area contributed by atoms with Gasteiger partial charge in [0.15, 0.2) is 5.69 Å². The summed E-state index contributed by atoms with van der Waals surface area (Å²) in [4.78, 5) is 48.3. The van der Waals surface area contributed by atoms with Crippen LogP contribution in [-0.2, 0) is 20.9 Å². The number of ether oxygens (including phenoxy) is 3. The molecule has 2 amide bonds. The Labute approximate surface area is 250 Å². The zero-order valence-electron chi connectivity index (χ0n) is 23.7. The Kier molecular flexibility index (Phi) is 9.85. The highest BCUT2D eigenvalue weighted by atomic mass is 19.1. The number of nitrogens with two attached hydrogens (primary N) is 1. The van der Waals surface area contributed by atoms with Crippen LogP contribution in [0.5, 0.6) is 11.5 Å². The largest absolute Gasteiger partial charge is 0.496 e. The number of primary amides is 1. The first-order valence-corrected chi connectivity index (χ1v) is 13.2. The van der Waals surface area contributed by atoms with Crippen molar-refractivity contribution >= 4 is 23.5 Å². The SMILES string of the molecule is COc1cccc(OC)c1-c1cc(C(=O)NC(CCC(N)=O)C(=O)OCc2ccc([N+](=O)[O-])cc2)nn1-c1ccc(F)cc1. The fourth-order valence-corrected chi connectivity index (χ4v) is 4.29. The summed E-state index contributed by atoms with van der Waals surface area (Å²) in [5, 5.41) is 17.9. The van der Waals surface area contributed by atoms with Gasteiger partial charge in [0, 0.05) is 18.6 Å². The second-order valence-electron chi connectivity index (χ2n) is 9.40. The number of benzene rings is 3. The minimum atomic E-state index is -1.28. The van der Waals surface area contributed by atoms with Crippen molar-refractivity contribution in [3.63, 3.8) is 0 Å². The molecule has 1 atom stereocenters. The summed E-state index contributed by atoms with van der Waals surface area (Å²) in [6, 6.07) is 16.1. The number of carbonyl (C=O) groups is 3. The van der Waals surface area contributed by atoms with Crippen LogP contribution >= 0.6 is 0 Å². The lowest BCUT2D eigenvalue weighted by Crippen LogP contribution is -2.42. The Bertz CT molecular complexity index is 1650. The van der Waals surface area contributed by atoms with E-state index in [-0.39, 0.29) is 30.8 Å². The quantitative estimate of drug-likeness (QED) is 0.131. The highest BCUT2D eigenvalue weighted by molar-refractivity contribution is 5.97. The normalized spacial score (nSPS) is 11.3. The molecular formula is C30H28FN5O8. The van der Waals surface area contributed by atoms with Crippen molar-refractivity contribution in [1.82, 2.24) is 15.1 Å². The van der Waals surface area contributed by atoms with Crippen LogP contribution in [0.2, 0.25) is 0 Å². The number of hydrogen-bond donors (Lipinski definition) is 2. The average molecular weight is 606 g/mol. The number of methoxy groups -OCH3 is 2. The Balaban J connectivity index is 1.64. The van der Waals surface area contributed by atoms with Crippen LogP contribution in [0.4, 0.5) is 10.1 Å². The molecule has 0 aliphatic heterocycles. The molecule has 0 fully saturated rings. The van der Waals surface area contributed by atoms with Gasteiger partial charge < -0.3 is 25.3 Å². The van der Waals surface area contributed by atoms with E-state index < -0.39 is 34.6 Å². The smallest absolute Gasteiger partial charge is 0.328 e. The lowest BCUT2D eigenvalue weighted by molar-refractivity contribution is -0.384. The maximum absolute atomic E-state index is 13.7. The molecule has 4 rings (SSSR count). The molecule has 0 spiro atoms. The Morgan fingerprint density at radius 1 is 1.02 bits per heavy atom. The summed E-state index contributed by atoms with van der Waals surface area (Å²) in [5.41, 5.74) is 6.74. The van der Waals surface area contributed by atoms with Crippen molar-refractivity contribution in [2.24, 2.45) is 5.73 Å². The van der Waals surface area contributed by atoms with E-state index in [9.17, 15) is 28.9 Å². The molecule has 0 radical (unpaired) electrons. The number of esters is 1. The number of aromatic nitrogens is 2. The predicted octanol–water partition coefficient (Wildman–Crippen LogP) is 3.71. The molecule has 3 aromatic carbocycles. The summed E-state index contributed by atoms with van der Waals surface area (Å²) in [6.07, 6.45) is -0.392. The van der Waals surface area contributed by atoms with E-state index in [1.807, 2.05) is 0 Å². The van der Waals surface area contributed by atoms with E-state index in [0.717, 1.165) is 0 Å². The molecular weight excluding hydrogens is 577 g/mol. The van der Waals surface area contributed by atoms with Crippen LogP contribution in [0.3, 0.4) is 0 Å². The van der Waals surface area contributed by atoms with Gasteiger partial charge in [-0.1, -0.05) is 6.07 Å². The highest BCUT2D eigenvalue weighted by Crippen LogP contribution is 2.39. The highest BCUT2D eigenvalue weighted by Gasteiger charge is 2.27. The third-order valence-corrected chi connectivity index (χ3v) is 6.49. The molecule has 0 saturated carbocycles. The molecule has 0 bridgehead atoms. The molecule has 44 heavy (non-hydrogen) atoms. The van der Waals surface area contributed by atoms with Crippen molar-refractivity contribution in [2.75, 3.05) is 14.2 Å². The number of non-ortho nitro benzene ring substituents is 1. The number of rotatable bonds is 13. The number of nitro benzene ring substituents is 1. The molecule has 1 aromatic heterocycles. The Hall–Kier alpha value is -5.79. The number of carbonyl (C=O) groups excluding carboxylic acids is 3. The number of nitrogens with zero attached hydrogens (tertiary/aromatic N) is 3. The van der Waals surface area contributed by atoms with Gasteiger partial charge in [-0.05, 0) is 66.6 Å². The predicted molar refractivity (Wildman–Crippen MR) is 155 cm³/mol. The average Bonchev–Trinajstić information content (AvgIpc) is 3.47. The van der Waals surface area contributed by atoms with E-state index in [1.165, 1.54) is 73.5 Å². The lowest BCUT2D eigenvalue weighted by atomic mass is 10.1. The third-order valence-electron chi connectivity index (χ3n) is 6.49. The van der Waals surface area contributed by atoms with Gasteiger partial charge in [-0.15, -0.1) is 0 Å². The molecule has 4 aromatic rings. The molecule has 14 heteroatoms. The second-order valence-corrected chi connectivity index (χ2v) is 9.40. The topological polar surface area (TPSA) is 178 Å². The van der Waals surface area contributed by atoms with E-state index in [4.69, 9.17) is 19.9 Å². The maximum atomic E-state index is 13.7. The number of halogens is 1. The fourth-order valence-electron chi connectivity index (χ4n) is 4.29. The Morgan fingerprint density at radius 3 is 2.23 bits per heavy atom. The fraction of sp³-hybridized carbons (Fsp3) is 0.200. The van der Waals surface area contributed by atoms with Crippen molar-refractivity contribution in [2.45, 2.75) is 25.5 Å². The van der Waals surface area contributed by atoms with Crippen LogP contribution in [0.1, 0.15) is 28.9 Å². The molecule has 228 valence electrons. The van der Waals surface area contributed by atoms with Crippen LogP contribution in [0, 0.1) is 15.9 Å². The monoisotopic (exact) mass is 605 g/mol. The van der Waals surface area contributed by atoms with E-state index in [2.05, 4.69) is 10.4 Å². The van der Waals surface area contributed by atoms with Crippen molar-refractivity contribution in [3.05, 3.63) is 100.0 Å². The number of nitrogens with one attached hydrogen (secondary N) is 1.